The van der Waals surface area contributed by atoms with Crippen LogP contribution in [0.1, 0.15) is 21.6 Å². The molecular weight excluding hydrogens is 472 g/mol. The molecule has 178 valence electrons. The predicted octanol–water partition coefficient (Wildman–Crippen LogP) is 7.19. The molecule has 5 aromatic rings. The van der Waals surface area contributed by atoms with Gasteiger partial charge in [-0.05, 0) is 55.3 Å². The molecule has 36 heavy (non-hydrogen) atoms. The van der Waals surface area contributed by atoms with Crippen molar-refractivity contribution >= 4 is 40.2 Å². The number of benzene rings is 2. The Balaban J connectivity index is 1.58. The molecule has 3 aromatic heterocycles. The Hall–Kier alpha value is -4.29. The number of anilines is 2. The van der Waals surface area contributed by atoms with Crippen molar-refractivity contribution in [1.82, 2.24) is 15.0 Å². The molecule has 0 aliphatic carbocycles. The second-order valence-electron chi connectivity index (χ2n) is 8.39. The maximum absolute atomic E-state index is 11.3. The number of aromatic nitrogens is 3. The first-order chi connectivity index (χ1) is 17.5. The number of aldehydes is 1. The molecule has 0 atom stereocenters. The van der Waals surface area contributed by atoms with Crippen LogP contribution >= 0.6 is 11.6 Å². The van der Waals surface area contributed by atoms with E-state index in [1.54, 1.807) is 18.3 Å². The monoisotopic (exact) mass is 494 g/mol. The lowest BCUT2D eigenvalue weighted by Crippen LogP contribution is -1.99. The number of rotatable bonds is 6. The van der Waals surface area contributed by atoms with Gasteiger partial charge >= 0.3 is 0 Å². The van der Waals surface area contributed by atoms with Gasteiger partial charge in [-0.2, -0.15) is 0 Å². The summed E-state index contributed by atoms with van der Waals surface area (Å²) in [5, 5.41) is 5.10. The van der Waals surface area contributed by atoms with Crippen LogP contribution < -0.4 is 10.1 Å². The van der Waals surface area contributed by atoms with Crippen molar-refractivity contribution in [3.8, 4) is 28.3 Å². The average Bonchev–Trinajstić information content (AvgIpc) is 2.89. The van der Waals surface area contributed by atoms with Crippen molar-refractivity contribution in [3.05, 3.63) is 94.9 Å². The number of carbonyl (C=O) groups excluding carboxylic acids is 1. The van der Waals surface area contributed by atoms with Gasteiger partial charge in [0, 0.05) is 40.3 Å². The topological polar surface area (TPSA) is 77.0 Å². The summed E-state index contributed by atoms with van der Waals surface area (Å²) in [6.45, 7) is 4.04. The second kappa shape index (κ2) is 9.76. The quantitative estimate of drug-likeness (QED) is 0.252. The fourth-order valence-corrected chi connectivity index (χ4v) is 4.63. The van der Waals surface area contributed by atoms with Gasteiger partial charge in [0.2, 0.25) is 5.88 Å². The average molecular weight is 495 g/mol. The van der Waals surface area contributed by atoms with Gasteiger partial charge < -0.3 is 10.1 Å². The van der Waals surface area contributed by atoms with Crippen molar-refractivity contribution in [2.45, 2.75) is 13.8 Å². The number of nitrogens with one attached hydrogen (secondary N) is 1. The molecule has 0 radical (unpaired) electrons. The molecule has 0 aliphatic rings. The van der Waals surface area contributed by atoms with Gasteiger partial charge in [-0.25, -0.2) is 4.98 Å². The van der Waals surface area contributed by atoms with E-state index in [1.165, 1.54) is 7.11 Å². The minimum absolute atomic E-state index is 0.265. The Morgan fingerprint density at radius 3 is 2.50 bits per heavy atom. The third kappa shape index (κ3) is 4.27. The van der Waals surface area contributed by atoms with Crippen LogP contribution in [-0.4, -0.2) is 28.3 Å². The van der Waals surface area contributed by atoms with Crippen molar-refractivity contribution in [2.75, 3.05) is 12.4 Å². The van der Waals surface area contributed by atoms with Gasteiger partial charge in [-0.1, -0.05) is 41.9 Å². The number of halogens is 1. The van der Waals surface area contributed by atoms with E-state index in [9.17, 15) is 4.79 Å². The number of fused-ring (bicyclic) bond motifs is 1. The van der Waals surface area contributed by atoms with Gasteiger partial charge in [-0.15, -0.1) is 0 Å². The van der Waals surface area contributed by atoms with E-state index < -0.39 is 0 Å². The van der Waals surface area contributed by atoms with Crippen LogP contribution in [0.4, 0.5) is 11.4 Å². The molecule has 5 rings (SSSR count). The number of nitrogens with zero attached hydrogens (tertiary/aromatic N) is 3. The molecule has 0 aliphatic heterocycles. The third-order valence-electron chi connectivity index (χ3n) is 6.12. The molecule has 2 aromatic carbocycles. The summed E-state index contributed by atoms with van der Waals surface area (Å²) in [5.41, 5.74) is 8.40. The lowest BCUT2D eigenvalue weighted by Gasteiger charge is -2.17. The van der Waals surface area contributed by atoms with Gasteiger partial charge in [0.1, 0.15) is 0 Å². The Morgan fingerprint density at radius 2 is 1.69 bits per heavy atom. The molecule has 0 bridgehead atoms. The maximum Gasteiger partial charge on any atom is 0.224 e. The summed E-state index contributed by atoms with van der Waals surface area (Å²) in [6.07, 6.45) is 4.29. The highest BCUT2D eigenvalue weighted by Crippen LogP contribution is 2.40. The Bertz CT molecular complexity index is 1620. The van der Waals surface area contributed by atoms with E-state index in [2.05, 4.69) is 27.2 Å². The van der Waals surface area contributed by atoms with Crippen LogP contribution in [0.5, 0.6) is 5.88 Å². The molecule has 3 heterocycles. The SMILES string of the molecule is COc1nc(-c2cccc(-c3cccc(Nc4cc(C)nc5ccncc45)c3C)c2Cl)ccc1C=O. The normalized spacial score (nSPS) is 10.9. The van der Waals surface area contributed by atoms with Crippen molar-refractivity contribution in [1.29, 1.82) is 0 Å². The van der Waals surface area contributed by atoms with Crippen molar-refractivity contribution < 1.29 is 9.53 Å². The Labute approximate surface area is 214 Å². The minimum Gasteiger partial charge on any atom is -0.480 e. The largest absolute Gasteiger partial charge is 0.480 e. The van der Waals surface area contributed by atoms with Gasteiger partial charge in [0.25, 0.3) is 0 Å². The number of hydrogen-bond donors (Lipinski definition) is 1. The summed E-state index contributed by atoms with van der Waals surface area (Å²) >= 11 is 6.94. The van der Waals surface area contributed by atoms with E-state index >= 15 is 0 Å². The van der Waals surface area contributed by atoms with Crippen molar-refractivity contribution in [2.24, 2.45) is 0 Å². The standard InChI is InChI=1S/C29H23ClN4O2/c1-17-14-27(23-15-31-13-12-26(23)32-17)33-24-9-5-6-20(18(24)2)21-7-4-8-22(28(21)30)25-11-10-19(16-35)29(34-25)36-3/h4-16H,1-3H3,(H,32,33). The van der Waals surface area contributed by atoms with E-state index in [-0.39, 0.29) is 5.88 Å². The number of carbonyl (C=O) groups is 1. The molecule has 6 nitrogen and oxygen atoms in total. The lowest BCUT2D eigenvalue weighted by atomic mass is 9.96. The predicted molar refractivity (Wildman–Crippen MR) is 144 cm³/mol. The minimum atomic E-state index is 0.265. The van der Waals surface area contributed by atoms with Gasteiger partial charge in [0.05, 0.1) is 34.6 Å². The van der Waals surface area contributed by atoms with E-state index in [4.69, 9.17) is 16.3 Å². The molecule has 0 fully saturated rings. The summed E-state index contributed by atoms with van der Waals surface area (Å²) in [7, 11) is 1.49. The number of pyridine rings is 3. The first kappa shape index (κ1) is 23.5. The second-order valence-corrected chi connectivity index (χ2v) is 8.77. The zero-order chi connectivity index (χ0) is 25.2. The maximum atomic E-state index is 11.3. The van der Waals surface area contributed by atoms with E-state index in [0.29, 0.717) is 16.3 Å². The molecular formula is C29H23ClN4O2. The molecule has 0 saturated carbocycles. The summed E-state index contributed by atoms with van der Waals surface area (Å²) in [5.74, 6) is 0.265. The lowest BCUT2D eigenvalue weighted by molar-refractivity contribution is 0.112. The number of methoxy groups -OCH3 is 1. The van der Waals surface area contributed by atoms with Crippen LogP contribution in [0, 0.1) is 13.8 Å². The smallest absolute Gasteiger partial charge is 0.224 e. The number of ether oxygens (including phenoxy) is 1. The highest BCUT2D eigenvalue weighted by atomic mass is 35.5. The molecule has 7 heteroatoms. The number of hydrogen-bond acceptors (Lipinski definition) is 6. The Morgan fingerprint density at radius 1 is 0.917 bits per heavy atom. The molecule has 0 spiro atoms. The summed E-state index contributed by atoms with van der Waals surface area (Å²) in [6, 6.07) is 19.3. The molecule has 0 amide bonds. The zero-order valence-corrected chi connectivity index (χ0v) is 20.8. The van der Waals surface area contributed by atoms with Gasteiger partial charge in [-0.3, -0.25) is 14.8 Å². The Kier molecular flexibility index (Phi) is 6.36. The summed E-state index contributed by atoms with van der Waals surface area (Å²) in [4.78, 5) is 24.7. The third-order valence-corrected chi connectivity index (χ3v) is 6.52. The fraction of sp³-hybridized carbons (Fsp3) is 0.103. The van der Waals surface area contributed by atoms with Crippen LogP contribution in [0.15, 0.2) is 73.1 Å². The van der Waals surface area contributed by atoms with Crippen LogP contribution in [0.2, 0.25) is 5.02 Å². The molecule has 1 N–H and O–H groups in total. The summed E-state index contributed by atoms with van der Waals surface area (Å²) < 4.78 is 5.28. The zero-order valence-electron chi connectivity index (χ0n) is 20.0. The van der Waals surface area contributed by atoms with E-state index in [1.807, 2.05) is 61.7 Å². The van der Waals surface area contributed by atoms with Gasteiger partial charge in [0.15, 0.2) is 6.29 Å². The van der Waals surface area contributed by atoms with Crippen LogP contribution in [-0.2, 0) is 0 Å². The highest BCUT2D eigenvalue weighted by molar-refractivity contribution is 6.36. The molecule has 0 saturated heterocycles. The van der Waals surface area contributed by atoms with Crippen LogP contribution in [0.3, 0.4) is 0 Å². The first-order valence-electron chi connectivity index (χ1n) is 11.4. The molecule has 0 unspecified atom stereocenters. The first-order valence-corrected chi connectivity index (χ1v) is 11.8. The van der Waals surface area contributed by atoms with E-state index in [0.717, 1.165) is 56.5 Å². The van der Waals surface area contributed by atoms with Crippen molar-refractivity contribution in [3.63, 3.8) is 0 Å². The highest BCUT2D eigenvalue weighted by Gasteiger charge is 2.16. The number of aryl methyl sites for hydroxylation is 1. The van der Waals surface area contributed by atoms with Crippen LogP contribution in [0.25, 0.3) is 33.3 Å². The fourth-order valence-electron chi connectivity index (χ4n) is 4.30.